The predicted octanol–water partition coefficient (Wildman–Crippen LogP) is 3.31. The van der Waals surface area contributed by atoms with Gasteiger partial charge in [0.05, 0.1) is 0 Å². The first-order valence-corrected chi connectivity index (χ1v) is 6.78. The van der Waals surface area contributed by atoms with Crippen LogP contribution in [0.4, 0.5) is 0 Å². The van der Waals surface area contributed by atoms with Gasteiger partial charge in [-0.25, -0.2) is 0 Å². The summed E-state index contributed by atoms with van der Waals surface area (Å²) in [6.45, 7) is 4.25. The zero-order valence-corrected chi connectivity index (χ0v) is 11.3. The Morgan fingerprint density at radius 3 is 2.76 bits per heavy atom. The van der Waals surface area contributed by atoms with Crippen molar-refractivity contribution < 1.29 is 5.21 Å². The molecule has 0 aliphatic carbocycles. The van der Waals surface area contributed by atoms with E-state index in [1.807, 2.05) is 11.8 Å². The Kier molecular flexibility index (Phi) is 5.91. The summed E-state index contributed by atoms with van der Waals surface area (Å²) in [5, 5.41) is 11.3. The molecule has 0 bridgehead atoms. The molecule has 0 saturated heterocycles. The molecule has 0 saturated carbocycles. The van der Waals surface area contributed by atoms with Gasteiger partial charge in [-0.2, -0.15) is 0 Å². The van der Waals surface area contributed by atoms with Gasteiger partial charge in [0.1, 0.15) is 5.84 Å². The van der Waals surface area contributed by atoms with Crippen molar-refractivity contribution in [2.75, 3.05) is 5.75 Å². The van der Waals surface area contributed by atoms with Crippen LogP contribution in [0, 0.1) is 13.8 Å². The first-order valence-electron chi connectivity index (χ1n) is 5.80. The number of unbranched alkanes of at least 4 members (excludes halogenated alkanes) is 1. The Hall–Kier alpha value is -1.16. The third-order valence-electron chi connectivity index (χ3n) is 2.54. The third-order valence-corrected chi connectivity index (χ3v) is 3.81. The molecule has 0 fully saturated rings. The number of nitrogens with zero attached hydrogens (tertiary/aromatic N) is 1. The molecule has 0 atom stereocenters. The summed E-state index contributed by atoms with van der Waals surface area (Å²) in [6, 6.07) is 6.53. The van der Waals surface area contributed by atoms with Gasteiger partial charge in [-0.05, 0) is 44.1 Å². The Balaban J connectivity index is 2.27. The molecule has 1 rings (SSSR count). The summed E-state index contributed by atoms with van der Waals surface area (Å²) in [4.78, 5) is 1.35. The Labute approximate surface area is 107 Å². The zero-order chi connectivity index (χ0) is 12.7. The number of hydrogen-bond donors (Lipinski definition) is 2. The summed E-state index contributed by atoms with van der Waals surface area (Å²) in [5.41, 5.74) is 8.04. The first-order chi connectivity index (χ1) is 8.13. The monoisotopic (exact) mass is 252 g/mol. The van der Waals surface area contributed by atoms with Crippen LogP contribution < -0.4 is 5.73 Å². The Morgan fingerprint density at radius 2 is 2.12 bits per heavy atom. The maximum absolute atomic E-state index is 8.39. The van der Waals surface area contributed by atoms with Gasteiger partial charge in [0, 0.05) is 11.3 Å². The fourth-order valence-corrected chi connectivity index (χ4v) is 2.62. The Morgan fingerprint density at radius 1 is 1.35 bits per heavy atom. The van der Waals surface area contributed by atoms with Crippen molar-refractivity contribution in [1.82, 2.24) is 0 Å². The van der Waals surface area contributed by atoms with Crippen LogP contribution in [0.15, 0.2) is 28.3 Å². The lowest BCUT2D eigenvalue weighted by Crippen LogP contribution is -2.10. The number of oxime groups is 1. The fourth-order valence-electron chi connectivity index (χ4n) is 1.60. The predicted molar refractivity (Wildman–Crippen MR) is 73.9 cm³/mol. The maximum Gasteiger partial charge on any atom is 0.139 e. The smallest absolute Gasteiger partial charge is 0.139 e. The second kappa shape index (κ2) is 7.22. The van der Waals surface area contributed by atoms with Crippen LogP contribution in [0.5, 0.6) is 0 Å². The van der Waals surface area contributed by atoms with E-state index < -0.39 is 0 Å². The van der Waals surface area contributed by atoms with Gasteiger partial charge in [-0.3, -0.25) is 0 Å². The lowest BCUT2D eigenvalue weighted by molar-refractivity contribution is 0.316. The van der Waals surface area contributed by atoms with Crippen LogP contribution >= 0.6 is 11.8 Å². The van der Waals surface area contributed by atoms with Crippen molar-refractivity contribution in [1.29, 1.82) is 0 Å². The molecule has 0 spiro atoms. The molecule has 0 heterocycles. The van der Waals surface area contributed by atoms with Crippen LogP contribution in [0.2, 0.25) is 0 Å². The minimum Gasteiger partial charge on any atom is -0.409 e. The topological polar surface area (TPSA) is 58.6 Å². The molecule has 17 heavy (non-hydrogen) atoms. The highest BCUT2D eigenvalue weighted by atomic mass is 32.2. The van der Waals surface area contributed by atoms with E-state index in [1.54, 1.807) is 0 Å². The summed E-state index contributed by atoms with van der Waals surface area (Å²) in [7, 11) is 0. The van der Waals surface area contributed by atoms with Crippen LogP contribution in [-0.4, -0.2) is 16.8 Å². The largest absolute Gasteiger partial charge is 0.409 e. The van der Waals surface area contributed by atoms with E-state index in [9.17, 15) is 0 Å². The zero-order valence-electron chi connectivity index (χ0n) is 10.4. The molecule has 94 valence electrons. The van der Waals surface area contributed by atoms with Crippen LogP contribution in [0.1, 0.15) is 30.4 Å². The molecule has 3 nitrogen and oxygen atoms in total. The molecule has 0 amide bonds. The summed E-state index contributed by atoms with van der Waals surface area (Å²) >= 11 is 1.87. The highest BCUT2D eigenvalue weighted by Crippen LogP contribution is 2.24. The average Bonchev–Trinajstić information content (AvgIpc) is 2.30. The van der Waals surface area contributed by atoms with Crippen LogP contribution in [-0.2, 0) is 0 Å². The van der Waals surface area contributed by atoms with Gasteiger partial charge >= 0.3 is 0 Å². The normalized spacial score (nSPS) is 11.8. The molecule has 1 aromatic carbocycles. The fraction of sp³-hybridized carbons (Fsp3) is 0.462. The Bertz CT molecular complexity index is 391. The number of benzene rings is 1. The summed E-state index contributed by atoms with van der Waals surface area (Å²) < 4.78 is 0. The van der Waals surface area contributed by atoms with E-state index in [0.717, 1.165) is 18.6 Å². The van der Waals surface area contributed by atoms with Crippen LogP contribution in [0.25, 0.3) is 0 Å². The van der Waals surface area contributed by atoms with Gasteiger partial charge in [0.15, 0.2) is 0 Å². The number of aryl methyl sites for hydroxylation is 2. The van der Waals surface area contributed by atoms with Gasteiger partial charge in [0.25, 0.3) is 0 Å². The van der Waals surface area contributed by atoms with E-state index in [4.69, 9.17) is 10.9 Å². The number of nitrogens with two attached hydrogens (primary N) is 1. The molecule has 0 unspecified atom stereocenters. The summed E-state index contributed by atoms with van der Waals surface area (Å²) in [5.74, 6) is 1.39. The molecule has 3 N–H and O–H groups in total. The molecular weight excluding hydrogens is 232 g/mol. The highest BCUT2D eigenvalue weighted by Gasteiger charge is 2.00. The van der Waals surface area contributed by atoms with Crippen molar-refractivity contribution in [2.24, 2.45) is 10.9 Å². The van der Waals surface area contributed by atoms with Crippen molar-refractivity contribution in [2.45, 2.75) is 38.0 Å². The third kappa shape index (κ3) is 5.13. The number of hydrogen-bond acceptors (Lipinski definition) is 3. The number of rotatable bonds is 6. The van der Waals surface area contributed by atoms with E-state index in [0.29, 0.717) is 12.3 Å². The van der Waals surface area contributed by atoms with Crippen molar-refractivity contribution in [3.8, 4) is 0 Å². The van der Waals surface area contributed by atoms with E-state index in [2.05, 4.69) is 37.2 Å². The molecule has 0 radical (unpaired) electrons. The highest BCUT2D eigenvalue weighted by molar-refractivity contribution is 7.99. The lowest BCUT2D eigenvalue weighted by Gasteiger charge is -2.06. The van der Waals surface area contributed by atoms with Gasteiger partial charge < -0.3 is 10.9 Å². The van der Waals surface area contributed by atoms with Crippen molar-refractivity contribution in [3.05, 3.63) is 29.3 Å². The molecule has 0 aliphatic heterocycles. The molecular formula is C13H20N2OS. The summed E-state index contributed by atoms with van der Waals surface area (Å²) in [6.07, 6.45) is 2.71. The second-order valence-electron chi connectivity index (χ2n) is 4.17. The van der Waals surface area contributed by atoms with Crippen molar-refractivity contribution in [3.63, 3.8) is 0 Å². The molecule has 0 aliphatic rings. The van der Waals surface area contributed by atoms with E-state index >= 15 is 0 Å². The van der Waals surface area contributed by atoms with Gasteiger partial charge in [-0.15, -0.1) is 11.8 Å². The SMILES string of the molecule is Cc1ccc(SCCCC/C(N)=N/O)c(C)c1. The second-order valence-corrected chi connectivity index (χ2v) is 5.30. The molecule has 0 aromatic heterocycles. The number of amidine groups is 1. The van der Waals surface area contributed by atoms with E-state index in [-0.39, 0.29) is 0 Å². The molecule has 4 heteroatoms. The van der Waals surface area contributed by atoms with Crippen molar-refractivity contribution >= 4 is 17.6 Å². The maximum atomic E-state index is 8.39. The van der Waals surface area contributed by atoms with Crippen LogP contribution in [0.3, 0.4) is 0 Å². The van der Waals surface area contributed by atoms with E-state index in [1.165, 1.54) is 16.0 Å². The first kappa shape index (κ1) is 13.9. The average molecular weight is 252 g/mol. The van der Waals surface area contributed by atoms with Gasteiger partial charge in [-0.1, -0.05) is 22.9 Å². The minimum absolute atomic E-state index is 0.321. The quantitative estimate of drug-likeness (QED) is 0.204. The molecule has 1 aromatic rings. The van der Waals surface area contributed by atoms with Gasteiger partial charge in [0.2, 0.25) is 0 Å². The standard InChI is InChI=1S/C13H20N2OS/c1-10-6-7-12(11(2)9-10)17-8-4-3-5-13(14)15-16/h6-7,9,16H,3-5,8H2,1-2H3,(H2,14,15). The minimum atomic E-state index is 0.321. The number of thioether (sulfide) groups is 1. The lowest BCUT2D eigenvalue weighted by atomic mass is 10.2.